The van der Waals surface area contributed by atoms with E-state index in [0.29, 0.717) is 0 Å². The van der Waals surface area contributed by atoms with Crippen LogP contribution in [0.3, 0.4) is 0 Å². The standard InChI is InChI=1S/C18H15F3N4/c1-13-4-2-5-15(10-13)25-9-3-6-16(25)12-23-24-17-8-7-14(11-22-17)18(19,20)21/h2-12H,1H3,(H,22,24)/b23-12-. The number of hydrogen-bond donors (Lipinski definition) is 1. The van der Waals surface area contributed by atoms with E-state index in [2.05, 4.69) is 15.5 Å². The van der Waals surface area contributed by atoms with Crippen molar-refractivity contribution in [1.82, 2.24) is 9.55 Å². The number of hydrazone groups is 1. The molecule has 4 nitrogen and oxygen atoms in total. The Morgan fingerprint density at radius 2 is 1.96 bits per heavy atom. The van der Waals surface area contributed by atoms with Crippen molar-refractivity contribution < 1.29 is 13.2 Å². The Morgan fingerprint density at radius 1 is 1.12 bits per heavy atom. The lowest BCUT2D eigenvalue weighted by Gasteiger charge is -2.07. The molecule has 0 radical (unpaired) electrons. The molecule has 0 aliphatic carbocycles. The van der Waals surface area contributed by atoms with Gasteiger partial charge in [0.2, 0.25) is 0 Å². The van der Waals surface area contributed by atoms with Crippen LogP contribution in [0.15, 0.2) is 66.0 Å². The molecule has 128 valence electrons. The van der Waals surface area contributed by atoms with E-state index in [1.54, 1.807) is 6.21 Å². The van der Waals surface area contributed by atoms with Crippen molar-refractivity contribution in [2.45, 2.75) is 13.1 Å². The van der Waals surface area contributed by atoms with Gasteiger partial charge in [-0.2, -0.15) is 18.3 Å². The highest BCUT2D eigenvalue weighted by molar-refractivity contribution is 5.79. The van der Waals surface area contributed by atoms with Gasteiger partial charge in [0.05, 0.1) is 17.5 Å². The highest BCUT2D eigenvalue weighted by Gasteiger charge is 2.30. The van der Waals surface area contributed by atoms with Gasteiger partial charge >= 0.3 is 6.18 Å². The van der Waals surface area contributed by atoms with E-state index in [1.165, 1.54) is 6.07 Å². The number of hydrogen-bond acceptors (Lipinski definition) is 3. The number of nitrogens with zero attached hydrogens (tertiary/aromatic N) is 3. The van der Waals surface area contributed by atoms with E-state index in [1.807, 2.05) is 54.1 Å². The predicted octanol–water partition coefficient (Wildman–Crippen LogP) is 4.65. The molecule has 0 amide bonds. The number of benzene rings is 1. The fourth-order valence-electron chi connectivity index (χ4n) is 2.30. The molecule has 2 heterocycles. The first-order chi connectivity index (χ1) is 11.9. The number of pyridine rings is 1. The average molecular weight is 344 g/mol. The summed E-state index contributed by atoms with van der Waals surface area (Å²) >= 11 is 0. The first-order valence-electron chi connectivity index (χ1n) is 7.50. The van der Waals surface area contributed by atoms with Crippen LogP contribution in [0, 0.1) is 6.92 Å². The summed E-state index contributed by atoms with van der Waals surface area (Å²) in [5, 5.41) is 4.04. The molecule has 3 rings (SSSR count). The predicted molar refractivity (Wildman–Crippen MR) is 91.0 cm³/mol. The Bertz CT molecular complexity index is 880. The van der Waals surface area contributed by atoms with Crippen molar-refractivity contribution in [1.29, 1.82) is 0 Å². The molecule has 2 aromatic heterocycles. The monoisotopic (exact) mass is 344 g/mol. The first kappa shape index (κ1) is 16.8. The van der Waals surface area contributed by atoms with Crippen LogP contribution < -0.4 is 5.43 Å². The molecule has 0 aliphatic rings. The van der Waals surface area contributed by atoms with E-state index in [-0.39, 0.29) is 5.82 Å². The molecule has 1 aromatic carbocycles. The maximum atomic E-state index is 12.5. The third-order valence-corrected chi connectivity index (χ3v) is 3.53. The number of nitrogens with one attached hydrogen (secondary N) is 1. The molecular weight excluding hydrogens is 329 g/mol. The second-order valence-electron chi connectivity index (χ2n) is 5.44. The van der Waals surface area contributed by atoms with Crippen LogP contribution in [0.5, 0.6) is 0 Å². The van der Waals surface area contributed by atoms with Gasteiger partial charge in [0.15, 0.2) is 0 Å². The van der Waals surface area contributed by atoms with Crippen molar-refractivity contribution in [2.24, 2.45) is 5.10 Å². The highest BCUT2D eigenvalue weighted by atomic mass is 19.4. The van der Waals surface area contributed by atoms with Crippen LogP contribution in [-0.4, -0.2) is 15.8 Å². The number of aryl methyl sites for hydroxylation is 1. The third-order valence-electron chi connectivity index (χ3n) is 3.53. The lowest BCUT2D eigenvalue weighted by atomic mass is 10.2. The summed E-state index contributed by atoms with van der Waals surface area (Å²) in [6.45, 7) is 2.01. The van der Waals surface area contributed by atoms with E-state index in [9.17, 15) is 13.2 Å². The molecule has 25 heavy (non-hydrogen) atoms. The number of alkyl halides is 3. The number of rotatable bonds is 4. The van der Waals surface area contributed by atoms with Crippen LogP contribution in [-0.2, 0) is 6.18 Å². The average Bonchev–Trinajstić information content (AvgIpc) is 3.03. The summed E-state index contributed by atoms with van der Waals surface area (Å²) in [4.78, 5) is 3.70. The van der Waals surface area contributed by atoms with Crippen molar-refractivity contribution in [3.8, 4) is 5.69 Å². The molecule has 3 aromatic rings. The van der Waals surface area contributed by atoms with E-state index >= 15 is 0 Å². The van der Waals surface area contributed by atoms with Crippen molar-refractivity contribution in [3.63, 3.8) is 0 Å². The molecule has 0 saturated carbocycles. The van der Waals surface area contributed by atoms with Gasteiger partial charge in [0.1, 0.15) is 5.82 Å². The summed E-state index contributed by atoms with van der Waals surface area (Å²) in [6.07, 6.45) is -0.134. The molecule has 7 heteroatoms. The normalized spacial score (nSPS) is 11.8. The lowest BCUT2D eigenvalue weighted by Crippen LogP contribution is -2.06. The van der Waals surface area contributed by atoms with Gasteiger partial charge < -0.3 is 4.57 Å². The molecule has 0 bridgehead atoms. The number of halogens is 3. The Hall–Kier alpha value is -3.09. The van der Waals surface area contributed by atoms with Gasteiger partial charge in [-0.25, -0.2) is 4.98 Å². The van der Waals surface area contributed by atoms with E-state index < -0.39 is 11.7 Å². The SMILES string of the molecule is Cc1cccc(-n2cccc2/C=N\Nc2ccc(C(F)(F)F)cn2)c1. The molecule has 0 atom stereocenters. The molecule has 0 unspecified atom stereocenters. The fourth-order valence-corrected chi connectivity index (χ4v) is 2.30. The Balaban J connectivity index is 1.72. The highest BCUT2D eigenvalue weighted by Crippen LogP contribution is 2.28. The largest absolute Gasteiger partial charge is 0.417 e. The van der Waals surface area contributed by atoms with Crippen LogP contribution >= 0.6 is 0 Å². The minimum Gasteiger partial charge on any atom is -0.316 e. The van der Waals surface area contributed by atoms with Crippen LogP contribution in [0.4, 0.5) is 19.0 Å². The molecule has 0 aliphatic heterocycles. The molecule has 0 fully saturated rings. The zero-order valence-electron chi connectivity index (χ0n) is 13.3. The minimum absolute atomic E-state index is 0.234. The first-order valence-corrected chi connectivity index (χ1v) is 7.50. The maximum Gasteiger partial charge on any atom is 0.417 e. The van der Waals surface area contributed by atoms with Gasteiger partial charge in [0, 0.05) is 18.1 Å². The van der Waals surface area contributed by atoms with Gasteiger partial charge in [-0.3, -0.25) is 5.43 Å². The molecular formula is C18H15F3N4. The molecule has 1 N–H and O–H groups in total. The second-order valence-corrected chi connectivity index (χ2v) is 5.44. The Morgan fingerprint density at radius 3 is 2.64 bits per heavy atom. The summed E-state index contributed by atoms with van der Waals surface area (Å²) in [5.41, 5.74) is 4.80. The van der Waals surface area contributed by atoms with Crippen molar-refractivity contribution >= 4 is 12.0 Å². The van der Waals surface area contributed by atoms with Gasteiger partial charge in [-0.15, -0.1) is 0 Å². The zero-order valence-corrected chi connectivity index (χ0v) is 13.3. The van der Waals surface area contributed by atoms with Gasteiger partial charge in [0.25, 0.3) is 0 Å². The maximum absolute atomic E-state index is 12.5. The van der Waals surface area contributed by atoms with Gasteiger partial charge in [-0.1, -0.05) is 12.1 Å². The molecule has 0 saturated heterocycles. The topological polar surface area (TPSA) is 42.2 Å². The minimum atomic E-state index is -4.40. The van der Waals surface area contributed by atoms with Crippen molar-refractivity contribution in [3.05, 3.63) is 77.7 Å². The lowest BCUT2D eigenvalue weighted by molar-refractivity contribution is -0.137. The summed E-state index contributed by atoms with van der Waals surface area (Å²) < 4.78 is 39.5. The fraction of sp³-hybridized carbons (Fsp3) is 0.111. The summed E-state index contributed by atoms with van der Waals surface area (Å²) in [6, 6.07) is 14.0. The Labute approximate surface area is 142 Å². The van der Waals surface area contributed by atoms with Crippen molar-refractivity contribution in [2.75, 3.05) is 5.43 Å². The Kier molecular flexibility index (Phi) is 4.56. The third kappa shape index (κ3) is 4.06. The summed E-state index contributed by atoms with van der Waals surface area (Å²) in [7, 11) is 0. The second kappa shape index (κ2) is 6.80. The van der Waals surface area contributed by atoms with Crippen LogP contribution in [0.25, 0.3) is 5.69 Å². The smallest absolute Gasteiger partial charge is 0.316 e. The molecule has 0 spiro atoms. The van der Waals surface area contributed by atoms with Crippen LogP contribution in [0.2, 0.25) is 0 Å². The van der Waals surface area contributed by atoms with Crippen LogP contribution in [0.1, 0.15) is 16.8 Å². The quantitative estimate of drug-likeness (QED) is 0.553. The van der Waals surface area contributed by atoms with E-state index in [4.69, 9.17) is 0 Å². The number of anilines is 1. The number of aromatic nitrogens is 2. The zero-order chi connectivity index (χ0) is 17.9. The van der Waals surface area contributed by atoms with Gasteiger partial charge in [-0.05, 0) is 48.9 Å². The summed E-state index contributed by atoms with van der Waals surface area (Å²) in [5.74, 6) is 0.234. The van der Waals surface area contributed by atoms with E-state index in [0.717, 1.165) is 29.2 Å².